The molecule has 1 aromatic carbocycles. The Balaban J connectivity index is 2.30. The number of rotatable bonds is 2. The molecule has 1 fully saturated rings. The van der Waals surface area contributed by atoms with E-state index >= 15 is 0 Å². The van der Waals surface area contributed by atoms with Gasteiger partial charge in [-0.2, -0.15) is 0 Å². The molecule has 2 rings (SSSR count). The minimum absolute atomic E-state index is 0.128. The highest BCUT2D eigenvalue weighted by Gasteiger charge is 2.30. The van der Waals surface area contributed by atoms with Crippen molar-refractivity contribution in [2.24, 2.45) is 4.99 Å². The van der Waals surface area contributed by atoms with E-state index < -0.39 is 14.6 Å². The topological polar surface area (TPSA) is 87.6 Å². The van der Waals surface area contributed by atoms with Crippen molar-refractivity contribution < 1.29 is 13.2 Å². The monoisotopic (exact) mass is 295 g/mol. The molecule has 6 nitrogen and oxygen atoms in total. The van der Waals surface area contributed by atoms with Gasteiger partial charge in [0.1, 0.15) is 0 Å². The van der Waals surface area contributed by atoms with Gasteiger partial charge in [0.2, 0.25) is 5.78 Å². The summed E-state index contributed by atoms with van der Waals surface area (Å²) in [7, 11) is -3.37. The number of ketones is 1. The van der Waals surface area contributed by atoms with Crippen LogP contribution < -0.4 is 10.9 Å². The van der Waals surface area contributed by atoms with Gasteiger partial charge in [0.05, 0.1) is 21.9 Å². The number of benzene rings is 1. The van der Waals surface area contributed by atoms with Crippen molar-refractivity contribution >= 4 is 27.1 Å². The quantitative estimate of drug-likeness (QED) is 0.848. The Bertz CT molecular complexity index is 655. The van der Waals surface area contributed by atoms with Gasteiger partial charge < -0.3 is 5.43 Å². The summed E-state index contributed by atoms with van der Waals surface area (Å²) in [5.41, 5.74) is 5.85. The largest absolute Gasteiger partial charge is 0.302 e. The summed E-state index contributed by atoms with van der Waals surface area (Å²) in [5, 5.41) is 0. The molecule has 0 spiro atoms. The molecule has 1 saturated heterocycles. The highest BCUT2D eigenvalue weighted by Crippen LogP contribution is 2.26. The zero-order valence-corrected chi connectivity index (χ0v) is 12.4. The van der Waals surface area contributed by atoms with Crippen molar-refractivity contribution in [3.05, 3.63) is 24.3 Å². The number of nitrogens with one attached hydrogen (secondary N) is 2. The second kappa shape index (κ2) is 4.99. The number of sulfone groups is 1. The molecular weight excluding hydrogens is 278 g/mol. The highest BCUT2D eigenvalue weighted by atomic mass is 32.2. The van der Waals surface area contributed by atoms with Gasteiger partial charge >= 0.3 is 0 Å². The molecule has 0 radical (unpaired) electrons. The van der Waals surface area contributed by atoms with E-state index in [1.54, 1.807) is 32.9 Å². The first-order valence-corrected chi connectivity index (χ1v) is 7.65. The average Bonchev–Trinajstić information content (AvgIpc) is 2.74. The van der Waals surface area contributed by atoms with Crippen molar-refractivity contribution in [3.63, 3.8) is 0 Å². The highest BCUT2D eigenvalue weighted by molar-refractivity contribution is 7.92. The molecular formula is C13H17N3O3S. The molecule has 0 amide bonds. The minimum atomic E-state index is -3.37. The molecule has 0 aromatic heterocycles. The van der Waals surface area contributed by atoms with Gasteiger partial charge in [-0.15, -0.1) is 0 Å². The number of nitrogens with zero attached hydrogens (tertiary/aromatic N) is 1. The Morgan fingerprint density at radius 3 is 2.20 bits per heavy atom. The molecule has 0 atom stereocenters. The molecule has 0 unspecified atom stereocenters. The first kappa shape index (κ1) is 14.7. The summed E-state index contributed by atoms with van der Waals surface area (Å²) in [4.78, 5) is 15.8. The number of carbonyl (C=O) groups excluding carboxylic acids is 1. The standard InChI is InChI=1S/C13H17N3O3S/c1-13(2,3)20(18,19)10-6-4-9(5-7-10)15-12-11(17)8-14-16-12/h4-7,14H,8H2,1-3H3,(H,15,16). The van der Waals surface area contributed by atoms with Crippen LogP contribution in [0.4, 0.5) is 5.69 Å². The Kier molecular flexibility index (Phi) is 3.66. The number of aliphatic imine (C=N–C) groups is 1. The van der Waals surface area contributed by atoms with Crippen molar-refractivity contribution in [2.75, 3.05) is 6.54 Å². The van der Waals surface area contributed by atoms with E-state index in [0.717, 1.165) is 0 Å². The Morgan fingerprint density at radius 1 is 1.15 bits per heavy atom. The second-order valence-electron chi connectivity index (χ2n) is 5.47. The van der Waals surface area contributed by atoms with E-state index in [1.807, 2.05) is 0 Å². The number of Topliss-reactive ketones (excluding diaryl/α,β-unsaturated/α-hetero) is 1. The van der Waals surface area contributed by atoms with Crippen LogP contribution >= 0.6 is 0 Å². The zero-order chi connectivity index (χ0) is 15.0. The van der Waals surface area contributed by atoms with Gasteiger partial charge in [-0.3, -0.25) is 4.79 Å². The fourth-order valence-corrected chi connectivity index (χ4v) is 2.84. The number of amidine groups is 1. The third-order valence-corrected chi connectivity index (χ3v) is 5.42. The molecule has 0 bridgehead atoms. The molecule has 1 aliphatic rings. The van der Waals surface area contributed by atoms with E-state index in [4.69, 9.17) is 0 Å². The lowest BCUT2D eigenvalue weighted by Crippen LogP contribution is -2.27. The van der Waals surface area contributed by atoms with Gasteiger partial charge in [-0.05, 0) is 45.0 Å². The summed E-state index contributed by atoms with van der Waals surface area (Å²) < 4.78 is 23.6. The van der Waals surface area contributed by atoms with Crippen LogP contribution in [0, 0.1) is 0 Å². The van der Waals surface area contributed by atoms with Crippen LogP contribution in [-0.4, -0.2) is 31.3 Å². The predicted octanol–water partition coefficient (Wildman–Crippen LogP) is 0.966. The molecule has 1 aliphatic heterocycles. The summed E-state index contributed by atoms with van der Waals surface area (Å²) in [6, 6.07) is 6.18. The number of carbonyl (C=O) groups is 1. The predicted molar refractivity (Wildman–Crippen MR) is 76.6 cm³/mol. The van der Waals surface area contributed by atoms with Gasteiger partial charge in [-0.1, -0.05) is 0 Å². The molecule has 1 heterocycles. The third kappa shape index (κ3) is 2.73. The van der Waals surface area contributed by atoms with Crippen molar-refractivity contribution in [2.45, 2.75) is 30.4 Å². The maximum Gasteiger partial charge on any atom is 0.214 e. The van der Waals surface area contributed by atoms with Crippen LogP contribution in [-0.2, 0) is 14.6 Å². The molecule has 20 heavy (non-hydrogen) atoms. The first-order chi connectivity index (χ1) is 9.22. The van der Waals surface area contributed by atoms with Gasteiger partial charge in [0, 0.05) is 0 Å². The summed E-state index contributed by atoms with van der Waals surface area (Å²) >= 11 is 0. The first-order valence-electron chi connectivity index (χ1n) is 6.17. The number of hydrogen-bond acceptors (Lipinski definition) is 5. The number of hydrazine groups is 1. The minimum Gasteiger partial charge on any atom is -0.302 e. The maximum absolute atomic E-state index is 12.2. The second-order valence-corrected chi connectivity index (χ2v) is 8.17. The zero-order valence-electron chi connectivity index (χ0n) is 11.6. The number of hydrogen-bond donors (Lipinski definition) is 2. The normalized spacial score (nSPS) is 18.4. The van der Waals surface area contributed by atoms with Crippen LogP contribution in [0.25, 0.3) is 0 Å². The fourth-order valence-electron chi connectivity index (χ4n) is 1.63. The Morgan fingerprint density at radius 2 is 1.75 bits per heavy atom. The van der Waals surface area contributed by atoms with Gasteiger partial charge in [0.15, 0.2) is 15.7 Å². The lowest BCUT2D eigenvalue weighted by atomic mass is 10.3. The lowest BCUT2D eigenvalue weighted by Gasteiger charge is -2.19. The lowest BCUT2D eigenvalue weighted by molar-refractivity contribution is -0.111. The van der Waals surface area contributed by atoms with E-state index in [9.17, 15) is 13.2 Å². The Labute approximate surface area is 118 Å². The SMILES string of the molecule is CC(C)(C)S(=O)(=O)c1ccc(N=C2NNCC2=O)cc1. The van der Waals surface area contributed by atoms with Gasteiger partial charge in [0.25, 0.3) is 0 Å². The van der Waals surface area contributed by atoms with Crippen molar-refractivity contribution in [1.29, 1.82) is 0 Å². The Hall–Kier alpha value is -1.73. The molecule has 0 aliphatic carbocycles. The molecule has 7 heteroatoms. The molecule has 1 aromatic rings. The molecule has 108 valence electrons. The van der Waals surface area contributed by atoms with Crippen molar-refractivity contribution in [3.8, 4) is 0 Å². The maximum atomic E-state index is 12.2. The summed E-state index contributed by atoms with van der Waals surface area (Å²) in [6.45, 7) is 5.17. The van der Waals surface area contributed by atoms with E-state index in [2.05, 4.69) is 15.8 Å². The van der Waals surface area contributed by atoms with E-state index in [-0.39, 0.29) is 23.1 Å². The van der Waals surface area contributed by atoms with Gasteiger partial charge in [-0.25, -0.2) is 18.8 Å². The summed E-state index contributed by atoms with van der Waals surface area (Å²) in [6.07, 6.45) is 0. The van der Waals surface area contributed by atoms with Crippen LogP contribution in [0.5, 0.6) is 0 Å². The average molecular weight is 295 g/mol. The van der Waals surface area contributed by atoms with Crippen LogP contribution in [0.2, 0.25) is 0 Å². The van der Waals surface area contributed by atoms with Crippen LogP contribution in [0.1, 0.15) is 20.8 Å². The van der Waals surface area contributed by atoms with E-state index in [1.165, 1.54) is 12.1 Å². The molecule has 0 saturated carbocycles. The smallest absolute Gasteiger partial charge is 0.214 e. The van der Waals surface area contributed by atoms with Crippen LogP contribution in [0.3, 0.4) is 0 Å². The molecule has 2 N–H and O–H groups in total. The third-order valence-electron chi connectivity index (χ3n) is 2.91. The summed E-state index contributed by atoms with van der Waals surface area (Å²) in [5.74, 6) is 0.104. The van der Waals surface area contributed by atoms with E-state index in [0.29, 0.717) is 5.69 Å². The fraction of sp³-hybridized carbons (Fsp3) is 0.385. The van der Waals surface area contributed by atoms with Crippen LogP contribution in [0.15, 0.2) is 34.2 Å². The van der Waals surface area contributed by atoms with Crippen molar-refractivity contribution in [1.82, 2.24) is 10.9 Å².